The summed E-state index contributed by atoms with van der Waals surface area (Å²) in [7, 11) is 0. The van der Waals surface area contributed by atoms with Gasteiger partial charge in [0.2, 0.25) is 5.91 Å². The molecule has 3 nitrogen and oxygen atoms in total. The zero-order valence-corrected chi connectivity index (χ0v) is 15.2. The van der Waals surface area contributed by atoms with Gasteiger partial charge in [0.15, 0.2) is 0 Å². The number of anilines is 1. The lowest BCUT2D eigenvalue weighted by atomic mass is 10.0. The van der Waals surface area contributed by atoms with E-state index >= 15 is 0 Å². The summed E-state index contributed by atoms with van der Waals surface area (Å²) in [4.78, 5) is 12.0. The fourth-order valence-electron chi connectivity index (χ4n) is 2.03. The summed E-state index contributed by atoms with van der Waals surface area (Å²) in [5, 5.41) is 7.04. The molecule has 1 amide bonds. The highest BCUT2D eigenvalue weighted by Gasteiger charge is 2.29. The Hall–Kier alpha value is 0.220. The maximum atomic E-state index is 12.0. The van der Waals surface area contributed by atoms with Crippen LogP contribution in [0.4, 0.5) is 5.69 Å². The molecule has 2 rings (SSSR count). The van der Waals surface area contributed by atoms with Gasteiger partial charge in [-0.05, 0) is 38.1 Å². The van der Waals surface area contributed by atoms with Crippen LogP contribution in [0.3, 0.4) is 0 Å². The third-order valence-electron chi connectivity index (χ3n) is 3.05. The zero-order chi connectivity index (χ0) is 12.4. The molecule has 0 saturated carbocycles. The summed E-state index contributed by atoms with van der Waals surface area (Å²) in [5.74, 6) is 0.0466. The van der Waals surface area contributed by atoms with Crippen LogP contribution in [0.25, 0.3) is 0 Å². The van der Waals surface area contributed by atoms with Gasteiger partial charge in [-0.3, -0.25) is 4.79 Å². The lowest BCUT2D eigenvalue weighted by Crippen LogP contribution is -2.32. The quantitative estimate of drug-likeness (QED) is 0.827. The predicted octanol–water partition coefficient (Wildman–Crippen LogP) is 3.58. The van der Waals surface area contributed by atoms with Gasteiger partial charge >= 0.3 is 0 Å². The van der Waals surface area contributed by atoms with Crippen molar-refractivity contribution in [2.24, 2.45) is 5.92 Å². The Balaban J connectivity index is 0. The van der Waals surface area contributed by atoms with Crippen LogP contribution in [0, 0.1) is 5.92 Å². The number of hydrogen-bond donors (Lipinski definition) is 2. The lowest BCUT2D eigenvalue weighted by Gasteiger charge is -2.15. The van der Waals surface area contributed by atoms with Crippen molar-refractivity contribution in [3.8, 4) is 0 Å². The van der Waals surface area contributed by atoms with E-state index in [1.54, 1.807) is 18.2 Å². The molecule has 2 N–H and O–H groups in total. The van der Waals surface area contributed by atoms with Crippen molar-refractivity contribution >= 4 is 74.2 Å². The van der Waals surface area contributed by atoms with E-state index in [1.807, 2.05) is 6.92 Å². The SMILES string of the molecule is C[C@@H]1NCC[C@@H]1C(=O)Nc1ccc(Cl)c(Cl)c1.Cl.S.S. The molecule has 1 fully saturated rings. The van der Waals surface area contributed by atoms with Crippen molar-refractivity contribution in [2.45, 2.75) is 19.4 Å². The van der Waals surface area contributed by atoms with Gasteiger partial charge < -0.3 is 10.6 Å². The molecule has 1 aliphatic heterocycles. The van der Waals surface area contributed by atoms with Gasteiger partial charge in [-0.25, -0.2) is 0 Å². The van der Waals surface area contributed by atoms with Crippen LogP contribution in [0.1, 0.15) is 13.3 Å². The number of hydrogen-bond acceptors (Lipinski definition) is 2. The highest BCUT2D eigenvalue weighted by atomic mass is 35.5. The van der Waals surface area contributed by atoms with Gasteiger partial charge in [0.25, 0.3) is 0 Å². The van der Waals surface area contributed by atoms with Gasteiger partial charge in [-0.1, -0.05) is 23.2 Å². The molecule has 8 heteroatoms. The van der Waals surface area contributed by atoms with Gasteiger partial charge in [0.05, 0.1) is 16.0 Å². The van der Waals surface area contributed by atoms with Crippen molar-refractivity contribution in [1.82, 2.24) is 5.32 Å². The van der Waals surface area contributed by atoms with Crippen LogP contribution in [-0.2, 0) is 4.79 Å². The van der Waals surface area contributed by atoms with Crippen LogP contribution in [0.15, 0.2) is 18.2 Å². The molecule has 1 heterocycles. The molecule has 0 aromatic heterocycles. The van der Waals surface area contributed by atoms with Crippen LogP contribution in [-0.4, -0.2) is 18.5 Å². The minimum atomic E-state index is 0. The Bertz CT molecular complexity index is 449. The number of benzene rings is 1. The fraction of sp³-hybridized carbons (Fsp3) is 0.417. The molecule has 0 spiro atoms. The average molecular weight is 378 g/mol. The van der Waals surface area contributed by atoms with E-state index in [0.29, 0.717) is 15.7 Å². The first-order valence-electron chi connectivity index (χ1n) is 5.57. The third-order valence-corrected chi connectivity index (χ3v) is 3.79. The first kappa shape index (κ1) is 22.5. The molecule has 1 aromatic carbocycles. The molecular formula is C12H19Cl3N2OS2. The van der Waals surface area contributed by atoms with Crippen molar-refractivity contribution in [3.63, 3.8) is 0 Å². The molecule has 0 unspecified atom stereocenters. The van der Waals surface area contributed by atoms with E-state index < -0.39 is 0 Å². The first-order valence-corrected chi connectivity index (χ1v) is 6.33. The maximum Gasteiger partial charge on any atom is 0.229 e. The Morgan fingerprint density at radius 1 is 1.30 bits per heavy atom. The topological polar surface area (TPSA) is 41.1 Å². The summed E-state index contributed by atoms with van der Waals surface area (Å²) in [5.41, 5.74) is 0.684. The zero-order valence-electron chi connectivity index (χ0n) is 10.9. The summed E-state index contributed by atoms with van der Waals surface area (Å²) < 4.78 is 0. The van der Waals surface area contributed by atoms with Crippen molar-refractivity contribution < 1.29 is 4.79 Å². The molecule has 1 aliphatic rings. The highest BCUT2D eigenvalue weighted by molar-refractivity contribution is 7.59. The summed E-state index contributed by atoms with van der Waals surface area (Å²) in [6.07, 6.45) is 0.869. The smallest absolute Gasteiger partial charge is 0.229 e. The van der Waals surface area contributed by atoms with Crippen molar-refractivity contribution in [1.29, 1.82) is 0 Å². The van der Waals surface area contributed by atoms with Crippen molar-refractivity contribution in [3.05, 3.63) is 28.2 Å². The van der Waals surface area contributed by atoms with E-state index in [1.165, 1.54) is 0 Å². The van der Waals surface area contributed by atoms with E-state index in [4.69, 9.17) is 23.2 Å². The van der Waals surface area contributed by atoms with Crippen LogP contribution >= 0.6 is 62.6 Å². The standard InChI is InChI=1S/C12H14Cl2N2O.ClH.2H2S/c1-7-9(4-5-15-7)12(17)16-8-2-3-10(13)11(14)6-8;;;/h2-3,6-7,9,15H,4-5H2,1H3,(H,16,17);1H;2*1H2/t7-,9-;;;/m0.../s1. The second kappa shape index (κ2) is 10.0. The normalized spacial score (nSPS) is 20.1. The first-order chi connectivity index (χ1) is 8.08. The Kier molecular flexibility index (Phi) is 11.3. The number of amides is 1. The molecule has 0 radical (unpaired) electrons. The van der Waals surface area contributed by atoms with E-state index in [9.17, 15) is 4.79 Å². The second-order valence-corrected chi connectivity index (χ2v) is 5.07. The number of carbonyl (C=O) groups excluding carboxylic acids is 1. The molecule has 116 valence electrons. The average Bonchev–Trinajstić information content (AvgIpc) is 2.70. The Labute approximate surface area is 149 Å². The second-order valence-electron chi connectivity index (χ2n) is 4.26. The van der Waals surface area contributed by atoms with Crippen LogP contribution in [0.5, 0.6) is 0 Å². The number of halogens is 3. The van der Waals surface area contributed by atoms with Gasteiger partial charge in [0.1, 0.15) is 0 Å². The van der Waals surface area contributed by atoms with Crippen LogP contribution < -0.4 is 10.6 Å². The van der Waals surface area contributed by atoms with Crippen LogP contribution in [0.2, 0.25) is 10.0 Å². The highest BCUT2D eigenvalue weighted by Crippen LogP contribution is 2.26. The fourth-order valence-corrected chi connectivity index (χ4v) is 2.32. The van der Waals surface area contributed by atoms with E-state index in [-0.39, 0.29) is 57.3 Å². The lowest BCUT2D eigenvalue weighted by molar-refractivity contribution is -0.119. The predicted molar refractivity (Wildman–Crippen MR) is 98.7 cm³/mol. The maximum absolute atomic E-state index is 12.0. The molecule has 1 saturated heterocycles. The number of carbonyl (C=O) groups is 1. The van der Waals surface area contributed by atoms with E-state index in [0.717, 1.165) is 13.0 Å². The number of nitrogens with one attached hydrogen (secondary N) is 2. The molecule has 2 atom stereocenters. The molecule has 1 aromatic rings. The van der Waals surface area contributed by atoms with Gasteiger partial charge in [-0.2, -0.15) is 27.0 Å². The van der Waals surface area contributed by atoms with Gasteiger partial charge in [-0.15, -0.1) is 12.4 Å². The Morgan fingerprint density at radius 3 is 2.45 bits per heavy atom. The largest absolute Gasteiger partial charge is 0.326 e. The van der Waals surface area contributed by atoms with Gasteiger partial charge in [0, 0.05) is 11.7 Å². The number of rotatable bonds is 2. The minimum Gasteiger partial charge on any atom is -0.326 e. The summed E-state index contributed by atoms with van der Waals surface area (Å²) in [6.45, 7) is 2.91. The van der Waals surface area contributed by atoms with E-state index in [2.05, 4.69) is 10.6 Å². The monoisotopic (exact) mass is 376 g/mol. The minimum absolute atomic E-state index is 0. The molecule has 0 aliphatic carbocycles. The van der Waals surface area contributed by atoms with Crippen molar-refractivity contribution in [2.75, 3.05) is 11.9 Å². The molecule has 20 heavy (non-hydrogen) atoms. The molecular weight excluding hydrogens is 359 g/mol. The summed E-state index contributed by atoms with van der Waals surface area (Å²) in [6, 6.07) is 5.31. The summed E-state index contributed by atoms with van der Waals surface area (Å²) >= 11 is 11.7. The molecule has 0 bridgehead atoms. The third kappa shape index (κ3) is 5.54. The Morgan fingerprint density at radius 2 is 1.95 bits per heavy atom.